The minimum absolute atomic E-state index is 0.0491. The van der Waals surface area contributed by atoms with Crippen LogP contribution in [0, 0.1) is 0 Å². The maximum atomic E-state index is 12.1. The zero-order valence-corrected chi connectivity index (χ0v) is 15.9. The van der Waals surface area contributed by atoms with Crippen LogP contribution in [0.4, 0.5) is 5.69 Å². The third-order valence-electron chi connectivity index (χ3n) is 3.72. The summed E-state index contributed by atoms with van der Waals surface area (Å²) in [5, 5.41) is 3.95. The number of para-hydroxylation sites is 1. The third-order valence-corrected chi connectivity index (χ3v) is 4.73. The second-order valence-corrected chi connectivity index (χ2v) is 8.20. The van der Waals surface area contributed by atoms with Crippen LogP contribution < -0.4 is 10.2 Å². The maximum absolute atomic E-state index is 12.1. The molecule has 1 aromatic carbocycles. The quantitative estimate of drug-likeness (QED) is 0.636. The fourth-order valence-corrected chi connectivity index (χ4v) is 3.34. The molecule has 24 heavy (non-hydrogen) atoms. The second kappa shape index (κ2) is 8.53. The van der Waals surface area contributed by atoms with Gasteiger partial charge in [-0.05, 0) is 32.9 Å². The fourth-order valence-electron chi connectivity index (χ4n) is 2.47. The Hall–Kier alpha value is -1.53. The molecule has 1 aromatic rings. The molecule has 0 unspecified atom stereocenters. The number of piperazine rings is 1. The highest BCUT2D eigenvalue weighted by Gasteiger charge is 2.22. The molecule has 0 spiro atoms. The molecule has 1 heterocycles. The molecule has 2 rings (SSSR count). The number of amides is 1. The topological polar surface area (TPSA) is 49.1 Å². The summed E-state index contributed by atoms with van der Waals surface area (Å²) in [7, 11) is 2.22. The minimum Gasteiger partial charge on any atom is -0.351 e. The molecule has 6 heteroatoms. The summed E-state index contributed by atoms with van der Waals surface area (Å²) in [6.07, 6.45) is 0. The summed E-state index contributed by atoms with van der Waals surface area (Å²) < 4.78 is 0. The zero-order valence-electron chi connectivity index (χ0n) is 15.1. The number of nitrogens with zero attached hydrogens (tertiary/aromatic N) is 2. The first-order valence-electron chi connectivity index (χ1n) is 8.47. The number of nitrogens with one attached hydrogen (secondary N) is 2. The van der Waals surface area contributed by atoms with E-state index in [0.717, 1.165) is 37.0 Å². The Kier molecular flexibility index (Phi) is 6.69. The predicted octanol–water partition coefficient (Wildman–Crippen LogP) is 1.15. The number of aliphatic imine (C=N–C) groups is 1. The van der Waals surface area contributed by atoms with Crippen molar-refractivity contribution < 1.29 is 9.69 Å². The average Bonchev–Trinajstić information content (AvgIpc) is 2.51. The normalized spacial score (nSPS) is 17.0. The molecule has 1 fully saturated rings. The van der Waals surface area contributed by atoms with Crippen LogP contribution in [0.5, 0.6) is 0 Å². The maximum Gasteiger partial charge on any atom is 0.230 e. The van der Waals surface area contributed by atoms with Gasteiger partial charge in [0.2, 0.25) is 5.91 Å². The first-order valence-corrected chi connectivity index (χ1v) is 9.46. The van der Waals surface area contributed by atoms with E-state index in [-0.39, 0.29) is 11.4 Å². The van der Waals surface area contributed by atoms with Gasteiger partial charge in [0.15, 0.2) is 5.17 Å². The van der Waals surface area contributed by atoms with E-state index < -0.39 is 0 Å². The predicted molar refractivity (Wildman–Crippen MR) is 102 cm³/mol. The lowest BCUT2D eigenvalue weighted by Crippen LogP contribution is -3.12. The number of rotatable bonds is 3. The number of hydrogen-bond donors (Lipinski definition) is 2. The van der Waals surface area contributed by atoms with E-state index in [1.165, 1.54) is 11.8 Å². The van der Waals surface area contributed by atoms with Gasteiger partial charge in [-0.15, -0.1) is 0 Å². The van der Waals surface area contributed by atoms with E-state index in [4.69, 9.17) is 4.99 Å². The van der Waals surface area contributed by atoms with Crippen molar-refractivity contribution in [3.8, 4) is 0 Å². The van der Waals surface area contributed by atoms with Crippen molar-refractivity contribution in [2.75, 3.05) is 39.0 Å². The van der Waals surface area contributed by atoms with Crippen molar-refractivity contribution in [3.63, 3.8) is 0 Å². The zero-order chi connectivity index (χ0) is 17.6. The van der Waals surface area contributed by atoms with Gasteiger partial charge >= 0.3 is 0 Å². The Morgan fingerprint density at radius 3 is 2.46 bits per heavy atom. The first kappa shape index (κ1) is 18.8. The van der Waals surface area contributed by atoms with Gasteiger partial charge in [0.05, 0.1) is 44.7 Å². The van der Waals surface area contributed by atoms with Crippen molar-refractivity contribution in [2.24, 2.45) is 4.99 Å². The van der Waals surface area contributed by atoms with Crippen molar-refractivity contribution in [2.45, 2.75) is 26.3 Å². The molecule has 0 bridgehead atoms. The summed E-state index contributed by atoms with van der Waals surface area (Å²) in [6, 6.07) is 9.96. The molecule has 0 atom stereocenters. The number of carbonyl (C=O) groups excluding carboxylic acids is 1. The van der Waals surface area contributed by atoms with Crippen molar-refractivity contribution >= 4 is 28.5 Å². The van der Waals surface area contributed by atoms with Crippen LogP contribution in [-0.4, -0.2) is 60.5 Å². The van der Waals surface area contributed by atoms with Gasteiger partial charge in [0, 0.05) is 5.54 Å². The van der Waals surface area contributed by atoms with Gasteiger partial charge in [0.1, 0.15) is 0 Å². The highest BCUT2D eigenvalue weighted by atomic mass is 32.2. The van der Waals surface area contributed by atoms with E-state index in [1.807, 2.05) is 51.1 Å². The van der Waals surface area contributed by atoms with Gasteiger partial charge < -0.3 is 15.1 Å². The minimum atomic E-state index is -0.203. The molecule has 2 N–H and O–H groups in total. The average molecular weight is 350 g/mol. The molecular formula is C18H29N4OS+. The third kappa shape index (κ3) is 6.53. The molecule has 0 radical (unpaired) electrons. The molecule has 5 nitrogen and oxygen atoms in total. The van der Waals surface area contributed by atoms with E-state index in [9.17, 15) is 4.79 Å². The second-order valence-electron chi connectivity index (χ2n) is 7.26. The SMILES string of the molecule is C[NH+]1CCN(C(=Nc2ccccc2)SCC(=O)NC(C)(C)C)CC1. The van der Waals surface area contributed by atoms with Crippen LogP contribution in [0.2, 0.25) is 0 Å². The number of quaternary nitrogens is 1. The smallest absolute Gasteiger partial charge is 0.230 e. The van der Waals surface area contributed by atoms with E-state index >= 15 is 0 Å². The number of carbonyl (C=O) groups is 1. The lowest BCUT2D eigenvalue weighted by molar-refractivity contribution is -0.883. The molecule has 0 saturated carbocycles. The van der Waals surface area contributed by atoms with Crippen LogP contribution >= 0.6 is 11.8 Å². The standard InChI is InChI=1S/C18H28N4OS/c1-18(2,3)20-16(23)14-24-17(19-15-8-6-5-7-9-15)22-12-10-21(4)11-13-22/h5-9H,10-14H2,1-4H3,(H,20,23)/p+1. The van der Waals surface area contributed by atoms with Crippen molar-refractivity contribution in [1.82, 2.24) is 10.2 Å². The first-order chi connectivity index (χ1) is 11.3. The molecule has 1 aliphatic heterocycles. The summed E-state index contributed by atoms with van der Waals surface area (Å²) in [5.74, 6) is 0.440. The van der Waals surface area contributed by atoms with Gasteiger partial charge in [-0.1, -0.05) is 30.0 Å². The van der Waals surface area contributed by atoms with Gasteiger partial charge in [-0.25, -0.2) is 4.99 Å². The Balaban J connectivity index is 2.05. The summed E-state index contributed by atoms with van der Waals surface area (Å²) in [4.78, 5) is 20.8. The Bertz CT molecular complexity index is 560. The van der Waals surface area contributed by atoms with E-state index in [2.05, 4.69) is 17.3 Å². The molecule has 1 amide bonds. The number of likely N-dealkylation sites (N-methyl/N-ethyl adjacent to an activating group) is 1. The summed E-state index contributed by atoms with van der Waals surface area (Å²) in [5.41, 5.74) is 0.730. The Morgan fingerprint density at radius 2 is 1.88 bits per heavy atom. The number of benzene rings is 1. The number of hydrogen-bond acceptors (Lipinski definition) is 3. The van der Waals surface area contributed by atoms with Crippen LogP contribution in [0.15, 0.2) is 35.3 Å². The Labute approximate surface area is 149 Å². The monoisotopic (exact) mass is 349 g/mol. The fraction of sp³-hybridized carbons (Fsp3) is 0.556. The van der Waals surface area contributed by atoms with Gasteiger partial charge in [-0.2, -0.15) is 0 Å². The van der Waals surface area contributed by atoms with Gasteiger partial charge in [-0.3, -0.25) is 4.79 Å². The van der Waals surface area contributed by atoms with Crippen LogP contribution in [0.1, 0.15) is 20.8 Å². The van der Waals surface area contributed by atoms with Crippen molar-refractivity contribution in [1.29, 1.82) is 0 Å². The van der Waals surface area contributed by atoms with Crippen LogP contribution in [-0.2, 0) is 4.79 Å². The molecule has 0 aliphatic carbocycles. The summed E-state index contributed by atoms with van der Waals surface area (Å²) >= 11 is 1.53. The van der Waals surface area contributed by atoms with E-state index in [1.54, 1.807) is 4.90 Å². The highest BCUT2D eigenvalue weighted by molar-refractivity contribution is 8.14. The van der Waals surface area contributed by atoms with Gasteiger partial charge in [0.25, 0.3) is 0 Å². The molecule has 0 aromatic heterocycles. The summed E-state index contributed by atoms with van der Waals surface area (Å²) in [6.45, 7) is 10.1. The van der Waals surface area contributed by atoms with Crippen LogP contribution in [0.3, 0.4) is 0 Å². The molecule has 132 valence electrons. The number of thioether (sulfide) groups is 1. The molecule has 1 saturated heterocycles. The lowest BCUT2D eigenvalue weighted by Gasteiger charge is -2.32. The number of amidine groups is 1. The Morgan fingerprint density at radius 1 is 1.25 bits per heavy atom. The lowest BCUT2D eigenvalue weighted by atomic mass is 10.1. The highest BCUT2D eigenvalue weighted by Crippen LogP contribution is 2.18. The molecule has 1 aliphatic rings. The largest absolute Gasteiger partial charge is 0.351 e. The van der Waals surface area contributed by atoms with Crippen LogP contribution in [0.25, 0.3) is 0 Å². The molecular weight excluding hydrogens is 320 g/mol. The van der Waals surface area contributed by atoms with E-state index in [0.29, 0.717) is 5.75 Å². The van der Waals surface area contributed by atoms with Crippen molar-refractivity contribution in [3.05, 3.63) is 30.3 Å².